The molecule has 0 saturated carbocycles. The van der Waals surface area contributed by atoms with Crippen molar-refractivity contribution in [1.29, 1.82) is 0 Å². The van der Waals surface area contributed by atoms with Gasteiger partial charge in [-0.25, -0.2) is 0 Å². The molecule has 0 unspecified atom stereocenters. The van der Waals surface area contributed by atoms with Crippen LogP contribution in [0.5, 0.6) is 0 Å². The van der Waals surface area contributed by atoms with Gasteiger partial charge in [0.05, 0.1) is 11.7 Å². The number of hydrogen-bond acceptors (Lipinski definition) is 2. The Morgan fingerprint density at radius 3 is 2.80 bits per heavy atom. The second-order valence-electron chi connectivity index (χ2n) is 4.06. The monoisotopic (exact) mass is 202 g/mol. The minimum absolute atomic E-state index is 0.0409. The maximum Gasteiger partial charge on any atom is 0.165 e. The predicted molar refractivity (Wildman–Crippen MR) is 59.9 cm³/mol. The molecule has 0 atom stereocenters. The van der Waals surface area contributed by atoms with Crippen LogP contribution >= 0.6 is 0 Å². The SMILES string of the molecule is CC(C)C(=O)c1ccc2c(cnn2C)c1. The number of aryl methyl sites for hydroxylation is 1. The smallest absolute Gasteiger partial charge is 0.165 e. The van der Waals surface area contributed by atoms with Gasteiger partial charge >= 0.3 is 0 Å². The third-order valence-electron chi connectivity index (χ3n) is 2.56. The van der Waals surface area contributed by atoms with Gasteiger partial charge in [0.1, 0.15) is 0 Å². The van der Waals surface area contributed by atoms with Crippen LogP contribution in [0.3, 0.4) is 0 Å². The van der Waals surface area contributed by atoms with E-state index in [9.17, 15) is 4.79 Å². The summed E-state index contributed by atoms with van der Waals surface area (Å²) < 4.78 is 1.80. The number of carbonyl (C=O) groups is 1. The van der Waals surface area contributed by atoms with Crippen molar-refractivity contribution in [2.75, 3.05) is 0 Å². The van der Waals surface area contributed by atoms with Crippen LogP contribution in [0, 0.1) is 5.92 Å². The van der Waals surface area contributed by atoms with Gasteiger partial charge in [0, 0.05) is 23.9 Å². The quantitative estimate of drug-likeness (QED) is 0.701. The number of fused-ring (bicyclic) bond motifs is 1. The van der Waals surface area contributed by atoms with Gasteiger partial charge in [-0.1, -0.05) is 13.8 Å². The molecule has 0 aliphatic heterocycles. The number of nitrogens with zero attached hydrogens (tertiary/aromatic N) is 2. The molecule has 0 amide bonds. The first-order valence-corrected chi connectivity index (χ1v) is 5.05. The van der Waals surface area contributed by atoms with Gasteiger partial charge in [0.15, 0.2) is 5.78 Å². The van der Waals surface area contributed by atoms with Crippen molar-refractivity contribution in [2.45, 2.75) is 13.8 Å². The number of Topliss-reactive ketones (excluding diaryl/α,β-unsaturated/α-hetero) is 1. The largest absolute Gasteiger partial charge is 0.294 e. The fourth-order valence-electron chi connectivity index (χ4n) is 1.65. The number of aromatic nitrogens is 2. The van der Waals surface area contributed by atoms with Gasteiger partial charge < -0.3 is 0 Å². The maximum absolute atomic E-state index is 11.8. The number of carbonyl (C=O) groups excluding carboxylic acids is 1. The lowest BCUT2D eigenvalue weighted by atomic mass is 10.0. The molecule has 2 rings (SSSR count). The summed E-state index contributed by atoms with van der Waals surface area (Å²) in [5.74, 6) is 0.222. The highest BCUT2D eigenvalue weighted by atomic mass is 16.1. The molecule has 0 aliphatic rings. The van der Waals surface area contributed by atoms with E-state index in [1.807, 2.05) is 39.1 Å². The van der Waals surface area contributed by atoms with Crippen LogP contribution in [0.2, 0.25) is 0 Å². The molecule has 0 saturated heterocycles. The fourth-order valence-corrected chi connectivity index (χ4v) is 1.65. The Morgan fingerprint density at radius 2 is 2.13 bits per heavy atom. The normalized spacial score (nSPS) is 11.2. The van der Waals surface area contributed by atoms with Crippen LogP contribution in [-0.2, 0) is 7.05 Å². The Kier molecular flexibility index (Phi) is 2.31. The van der Waals surface area contributed by atoms with E-state index in [-0.39, 0.29) is 11.7 Å². The molecule has 3 nitrogen and oxygen atoms in total. The molecule has 3 heteroatoms. The first-order valence-electron chi connectivity index (χ1n) is 5.05. The van der Waals surface area contributed by atoms with Gasteiger partial charge in [0.25, 0.3) is 0 Å². The average molecular weight is 202 g/mol. The first-order chi connectivity index (χ1) is 7.09. The van der Waals surface area contributed by atoms with Crippen LogP contribution in [0.1, 0.15) is 24.2 Å². The number of rotatable bonds is 2. The topological polar surface area (TPSA) is 34.9 Å². The second kappa shape index (κ2) is 3.50. The average Bonchev–Trinajstić information content (AvgIpc) is 2.59. The molecule has 0 bridgehead atoms. The third kappa shape index (κ3) is 1.65. The van der Waals surface area contributed by atoms with Crippen LogP contribution in [0.25, 0.3) is 10.9 Å². The zero-order valence-corrected chi connectivity index (χ0v) is 9.19. The summed E-state index contributed by atoms with van der Waals surface area (Å²) >= 11 is 0. The lowest BCUT2D eigenvalue weighted by Crippen LogP contribution is -2.06. The van der Waals surface area contributed by atoms with Crippen LogP contribution < -0.4 is 0 Å². The van der Waals surface area contributed by atoms with E-state index in [0.29, 0.717) is 0 Å². The number of hydrogen-bond donors (Lipinski definition) is 0. The Labute approximate surface area is 88.7 Å². The number of benzene rings is 1. The highest BCUT2D eigenvalue weighted by Gasteiger charge is 2.11. The van der Waals surface area contributed by atoms with Crippen molar-refractivity contribution in [3.63, 3.8) is 0 Å². The molecule has 1 aromatic heterocycles. The van der Waals surface area contributed by atoms with E-state index in [0.717, 1.165) is 16.5 Å². The summed E-state index contributed by atoms with van der Waals surface area (Å²) in [6, 6.07) is 5.72. The van der Waals surface area contributed by atoms with Crippen molar-refractivity contribution >= 4 is 16.7 Å². The van der Waals surface area contributed by atoms with E-state index < -0.39 is 0 Å². The van der Waals surface area contributed by atoms with Crippen molar-refractivity contribution in [1.82, 2.24) is 9.78 Å². The van der Waals surface area contributed by atoms with Gasteiger partial charge in [0.2, 0.25) is 0 Å². The van der Waals surface area contributed by atoms with E-state index in [1.165, 1.54) is 0 Å². The predicted octanol–water partition coefficient (Wildman–Crippen LogP) is 2.41. The van der Waals surface area contributed by atoms with Gasteiger partial charge in [-0.2, -0.15) is 5.10 Å². The first kappa shape index (κ1) is 9.90. The fraction of sp³-hybridized carbons (Fsp3) is 0.333. The summed E-state index contributed by atoms with van der Waals surface area (Å²) in [5, 5.41) is 5.16. The second-order valence-corrected chi connectivity index (χ2v) is 4.06. The summed E-state index contributed by atoms with van der Waals surface area (Å²) in [6.07, 6.45) is 1.78. The standard InChI is InChI=1S/C12H14N2O/c1-8(2)12(15)9-4-5-11-10(6-9)7-13-14(11)3/h4-8H,1-3H3. The molecule has 0 fully saturated rings. The van der Waals surface area contributed by atoms with E-state index in [2.05, 4.69) is 5.10 Å². The molecular formula is C12H14N2O. The molecule has 1 aromatic carbocycles. The molecule has 78 valence electrons. The summed E-state index contributed by atoms with van der Waals surface area (Å²) in [6.45, 7) is 3.82. The van der Waals surface area contributed by atoms with E-state index in [1.54, 1.807) is 10.9 Å². The third-order valence-corrected chi connectivity index (χ3v) is 2.56. The molecule has 1 heterocycles. The summed E-state index contributed by atoms with van der Waals surface area (Å²) in [4.78, 5) is 11.8. The molecule has 15 heavy (non-hydrogen) atoms. The van der Waals surface area contributed by atoms with Gasteiger partial charge in [-0.3, -0.25) is 9.48 Å². The number of ketones is 1. The van der Waals surface area contributed by atoms with E-state index >= 15 is 0 Å². The van der Waals surface area contributed by atoms with Crippen molar-refractivity contribution in [3.8, 4) is 0 Å². The highest BCUT2D eigenvalue weighted by molar-refractivity contribution is 6.00. The minimum Gasteiger partial charge on any atom is -0.294 e. The molecule has 0 radical (unpaired) electrons. The van der Waals surface area contributed by atoms with Gasteiger partial charge in [-0.15, -0.1) is 0 Å². The molecule has 0 N–H and O–H groups in total. The Bertz CT molecular complexity index is 511. The van der Waals surface area contributed by atoms with Crippen molar-refractivity contribution in [2.24, 2.45) is 13.0 Å². The van der Waals surface area contributed by atoms with E-state index in [4.69, 9.17) is 0 Å². The molecule has 0 aliphatic carbocycles. The van der Waals surface area contributed by atoms with Crippen LogP contribution in [-0.4, -0.2) is 15.6 Å². The summed E-state index contributed by atoms with van der Waals surface area (Å²) in [7, 11) is 1.90. The minimum atomic E-state index is 0.0409. The van der Waals surface area contributed by atoms with Crippen LogP contribution in [0.4, 0.5) is 0 Å². The molecule has 2 aromatic rings. The van der Waals surface area contributed by atoms with Crippen LogP contribution in [0.15, 0.2) is 24.4 Å². The van der Waals surface area contributed by atoms with Crippen molar-refractivity contribution < 1.29 is 4.79 Å². The Morgan fingerprint density at radius 1 is 1.40 bits per heavy atom. The lowest BCUT2D eigenvalue weighted by molar-refractivity contribution is 0.0939. The van der Waals surface area contributed by atoms with Crippen molar-refractivity contribution in [3.05, 3.63) is 30.0 Å². The lowest BCUT2D eigenvalue weighted by Gasteiger charge is -2.03. The van der Waals surface area contributed by atoms with Gasteiger partial charge in [-0.05, 0) is 18.2 Å². The zero-order chi connectivity index (χ0) is 11.0. The Balaban J connectivity index is 2.52. The highest BCUT2D eigenvalue weighted by Crippen LogP contribution is 2.17. The maximum atomic E-state index is 11.8. The zero-order valence-electron chi connectivity index (χ0n) is 9.19. The molecule has 0 spiro atoms. The Hall–Kier alpha value is -1.64. The molecular weight excluding hydrogens is 188 g/mol. The summed E-state index contributed by atoms with van der Waals surface area (Å²) in [5.41, 5.74) is 1.82.